The van der Waals surface area contributed by atoms with E-state index >= 15 is 0 Å². The van der Waals surface area contributed by atoms with Crippen molar-refractivity contribution in [2.75, 3.05) is 19.3 Å². The molecular formula is C7H16N2O2S. The van der Waals surface area contributed by atoms with E-state index in [2.05, 4.69) is 5.32 Å². The maximum absolute atomic E-state index is 11.2. The van der Waals surface area contributed by atoms with Crippen LogP contribution in [0.1, 0.15) is 13.8 Å². The summed E-state index contributed by atoms with van der Waals surface area (Å²) in [4.78, 5) is 0. The van der Waals surface area contributed by atoms with Crippen molar-refractivity contribution in [3.05, 3.63) is 0 Å². The molecule has 1 heterocycles. The summed E-state index contributed by atoms with van der Waals surface area (Å²) in [6.07, 6.45) is 1.27. The Morgan fingerprint density at radius 1 is 1.58 bits per heavy atom. The molecule has 0 aromatic heterocycles. The Bertz CT molecular complexity index is 250. The van der Waals surface area contributed by atoms with Gasteiger partial charge in [0.2, 0.25) is 10.0 Å². The predicted molar refractivity (Wildman–Crippen MR) is 48.5 cm³/mol. The van der Waals surface area contributed by atoms with Crippen molar-refractivity contribution in [2.24, 2.45) is 0 Å². The normalized spacial score (nSPS) is 30.3. The Morgan fingerprint density at radius 3 is 2.25 bits per heavy atom. The standard InChI is InChI=1S/C7H16N2O2S/c1-4-9(12(3,10)11)7-5-8-6(7)2/h6-8H,4-5H2,1-3H3/t6-,7+/m1/s1. The van der Waals surface area contributed by atoms with Gasteiger partial charge in [-0.2, -0.15) is 4.31 Å². The van der Waals surface area contributed by atoms with Gasteiger partial charge in [0.25, 0.3) is 0 Å². The second-order valence-electron chi connectivity index (χ2n) is 3.23. The Morgan fingerprint density at radius 2 is 2.17 bits per heavy atom. The zero-order valence-electron chi connectivity index (χ0n) is 7.74. The first-order valence-corrected chi connectivity index (χ1v) is 6.02. The highest BCUT2D eigenvalue weighted by Crippen LogP contribution is 2.14. The van der Waals surface area contributed by atoms with E-state index in [4.69, 9.17) is 0 Å². The van der Waals surface area contributed by atoms with E-state index in [-0.39, 0.29) is 6.04 Å². The molecule has 0 radical (unpaired) electrons. The van der Waals surface area contributed by atoms with Crippen LogP contribution in [0.15, 0.2) is 0 Å². The minimum atomic E-state index is -3.01. The van der Waals surface area contributed by atoms with Gasteiger partial charge in [0, 0.05) is 19.1 Å². The quantitative estimate of drug-likeness (QED) is 0.663. The monoisotopic (exact) mass is 192 g/mol. The van der Waals surface area contributed by atoms with E-state index in [1.165, 1.54) is 6.26 Å². The second-order valence-corrected chi connectivity index (χ2v) is 5.17. The van der Waals surface area contributed by atoms with Gasteiger partial charge in [-0.1, -0.05) is 6.92 Å². The highest BCUT2D eigenvalue weighted by Gasteiger charge is 2.35. The largest absolute Gasteiger partial charge is 0.311 e. The molecular weight excluding hydrogens is 176 g/mol. The van der Waals surface area contributed by atoms with E-state index in [0.717, 1.165) is 6.54 Å². The molecule has 5 heteroatoms. The average Bonchev–Trinajstić information content (AvgIpc) is 1.94. The molecule has 1 aliphatic rings. The summed E-state index contributed by atoms with van der Waals surface area (Å²) in [7, 11) is -3.01. The smallest absolute Gasteiger partial charge is 0.211 e. The highest BCUT2D eigenvalue weighted by molar-refractivity contribution is 7.88. The number of sulfonamides is 1. The number of nitrogens with zero attached hydrogens (tertiary/aromatic N) is 1. The molecule has 1 saturated heterocycles. The Kier molecular flexibility index (Phi) is 2.75. The molecule has 0 aliphatic carbocycles. The number of likely N-dealkylation sites (N-methyl/N-ethyl adjacent to an activating group) is 1. The lowest BCUT2D eigenvalue weighted by molar-refractivity contribution is 0.189. The fourth-order valence-electron chi connectivity index (χ4n) is 1.53. The lowest BCUT2D eigenvalue weighted by Gasteiger charge is -2.41. The lowest BCUT2D eigenvalue weighted by atomic mass is 10.0. The molecule has 12 heavy (non-hydrogen) atoms. The SMILES string of the molecule is CCN([C@H]1CN[C@@H]1C)S(C)(=O)=O. The van der Waals surface area contributed by atoms with Crippen LogP contribution in [0.2, 0.25) is 0 Å². The van der Waals surface area contributed by atoms with Crippen molar-refractivity contribution in [1.82, 2.24) is 9.62 Å². The summed E-state index contributed by atoms with van der Waals surface area (Å²) in [5.74, 6) is 0. The van der Waals surface area contributed by atoms with Gasteiger partial charge in [-0.05, 0) is 6.92 Å². The van der Waals surface area contributed by atoms with Crippen molar-refractivity contribution in [2.45, 2.75) is 25.9 Å². The lowest BCUT2D eigenvalue weighted by Crippen LogP contribution is -2.64. The first-order valence-electron chi connectivity index (χ1n) is 4.17. The molecule has 0 saturated carbocycles. The van der Waals surface area contributed by atoms with Crippen molar-refractivity contribution in [3.63, 3.8) is 0 Å². The summed E-state index contributed by atoms with van der Waals surface area (Å²) in [6, 6.07) is 0.449. The summed E-state index contributed by atoms with van der Waals surface area (Å²) in [6.45, 7) is 5.21. The van der Waals surface area contributed by atoms with Gasteiger partial charge in [-0.3, -0.25) is 0 Å². The summed E-state index contributed by atoms with van der Waals surface area (Å²) in [5, 5.41) is 3.14. The van der Waals surface area contributed by atoms with Crippen molar-refractivity contribution in [1.29, 1.82) is 0 Å². The number of nitrogens with one attached hydrogen (secondary N) is 1. The van der Waals surface area contributed by atoms with Crippen LogP contribution in [0, 0.1) is 0 Å². The van der Waals surface area contributed by atoms with Gasteiger partial charge in [0.05, 0.1) is 12.3 Å². The van der Waals surface area contributed by atoms with Crippen LogP contribution in [-0.4, -0.2) is 44.2 Å². The fraction of sp³-hybridized carbons (Fsp3) is 1.00. The van der Waals surface area contributed by atoms with Crippen molar-refractivity contribution < 1.29 is 8.42 Å². The highest BCUT2D eigenvalue weighted by atomic mass is 32.2. The first-order chi connectivity index (χ1) is 5.46. The van der Waals surface area contributed by atoms with Gasteiger partial charge in [-0.25, -0.2) is 8.42 Å². The van der Waals surface area contributed by atoms with Crippen molar-refractivity contribution >= 4 is 10.0 Å². The zero-order chi connectivity index (χ0) is 9.35. The molecule has 0 amide bonds. The molecule has 1 aliphatic heterocycles. The topological polar surface area (TPSA) is 49.4 Å². The second kappa shape index (κ2) is 3.32. The molecule has 1 rings (SSSR count). The predicted octanol–water partition coefficient (Wildman–Crippen LogP) is -0.372. The molecule has 0 unspecified atom stereocenters. The Hall–Kier alpha value is -0.130. The van der Waals surface area contributed by atoms with E-state index in [9.17, 15) is 8.42 Å². The van der Waals surface area contributed by atoms with Crippen LogP contribution in [0.5, 0.6) is 0 Å². The van der Waals surface area contributed by atoms with E-state index in [1.54, 1.807) is 4.31 Å². The Labute approximate surface area is 74.0 Å². The number of rotatable bonds is 3. The van der Waals surface area contributed by atoms with Gasteiger partial charge < -0.3 is 5.32 Å². The molecule has 0 aromatic rings. The minimum Gasteiger partial charge on any atom is -0.311 e. The molecule has 1 N–H and O–H groups in total. The maximum Gasteiger partial charge on any atom is 0.211 e. The van der Waals surface area contributed by atoms with Crippen LogP contribution in [-0.2, 0) is 10.0 Å². The van der Waals surface area contributed by atoms with Gasteiger partial charge in [0.15, 0.2) is 0 Å². The minimum absolute atomic E-state index is 0.157. The first kappa shape index (κ1) is 9.95. The molecule has 1 fully saturated rings. The van der Waals surface area contributed by atoms with Crippen molar-refractivity contribution in [3.8, 4) is 0 Å². The maximum atomic E-state index is 11.2. The van der Waals surface area contributed by atoms with Crippen LogP contribution >= 0.6 is 0 Å². The van der Waals surface area contributed by atoms with E-state index < -0.39 is 10.0 Å². The number of hydrogen-bond acceptors (Lipinski definition) is 3. The fourth-order valence-corrected chi connectivity index (χ4v) is 2.74. The average molecular weight is 192 g/mol. The third-order valence-electron chi connectivity index (χ3n) is 2.33. The third kappa shape index (κ3) is 1.78. The van der Waals surface area contributed by atoms with Crippen LogP contribution in [0.3, 0.4) is 0 Å². The van der Waals surface area contributed by atoms with E-state index in [1.807, 2.05) is 13.8 Å². The van der Waals surface area contributed by atoms with Gasteiger partial charge in [-0.15, -0.1) is 0 Å². The molecule has 0 spiro atoms. The van der Waals surface area contributed by atoms with Crippen LogP contribution in [0.4, 0.5) is 0 Å². The summed E-state index contributed by atoms with van der Waals surface area (Å²) in [5.41, 5.74) is 0. The molecule has 2 atom stereocenters. The molecule has 0 aromatic carbocycles. The Balaban J connectivity index is 2.69. The van der Waals surface area contributed by atoms with E-state index in [0.29, 0.717) is 12.6 Å². The zero-order valence-corrected chi connectivity index (χ0v) is 8.56. The summed E-state index contributed by atoms with van der Waals surface area (Å²) < 4.78 is 24.0. The molecule has 4 nitrogen and oxygen atoms in total. The van der Waals surface area contributed by atoms with Gasteiger partial charge >= 0.3 is 0 Å². The van der Waals surface area contributed by atoms with Gasteiger partial charge in [0.1, 0.15) is 0 Å². The van der Waals surface area contributed by atoms with Crippen LogP contribution < -0.4 is 5.32 Å². The van der Waals surface area contributed by atoms with Crippen LogP contribution in [0.25, 0.3) is 0 Å². The third-order valence-corrected chi connectivity index (χ3v) is 3.71. The molecule has 72 valence electrons. The summed E-state index contributed by atoms with van der Waals surface area (Å²) >= 11 is 0. The molecule has 0 bridgehead atoms. The number of hydrogen-bond donors (Lipinski definition) is 1.